The number of hydrogen-bond donors (Lipinski definition) is 2. The van der Waals surface area contributed by atoms with Crippen LogP contribution >= 0.6 is 0 Å². The average molecular weight is 638 g/mol. The lowest BCUT2D eigenvalue weighted by molar-refractivity contribution is -0.274. The molecule has 3 aromatic carbocycles. The number of carbonyl (C=O) groups is 1. The normalized spacial score (nSPS) is 16.7. The smallest absolute Gasteiger partial charge is 0.406 e. The number of halogens is 5. The molecule has 0 unspecified atom stereocenters. The Morgan fingerprint density at radius 2 is 1.68 bits per heavy atom. The van der Waals surface area contributed by atoms with Gasteiger partial charge in [0.1, 0.15) is 11.8 Å². The molecule has 15 heteroatoms. The van der Waals surface area contributed by atoms with E-state index < -0.39 is 40.0 Å². The lowest BCUT2D eigenvalue weighted by Gasteiger charge is -2.39. The second kappa shape index (κ2) is 12.0. The van der Waals surface area contributed by atoms with Gasteiger partial charge in [-0.25, -0.2) is 22.2 Å². The highest BCUT2D eigenvalue weighted by Crippen LogP contribution is 2.31. The Hall–Kier alpha value is -4.24. The van der Waals surface area contributed by atoms with E-state index in [0.717, 1.165) is 34.1 Å². The second-order valence-electron chi connectivity index (χ2n) is 10.1. The highest BCUT2D eigenvalue weighted by atomic mass is 32.2. The van der Waals surface area contributed by atoms with Gasteiger partial charge in [-0.05, 0) is 42.0 Å². The molecule has 5 rings (SSSR count). The number of carbonyl (C=O) groups excluding carboxylic acids is 1. The number of para-hydroxylation sites is 2. The van der Waals surface area contributed by atoms with Crippen LogP contribution in [0.2, 0.25) is 0 Å². The number of H-pyrrole nitrogens is 1. The topological polar surface area (TPSA) is 108 Å². The molecule has 0 radical (unpaired) electrons. The van der Waals surface area contributed by atoms with Crippen molar-refractivity contribution in [3.63, 3.8) is 0 Å². The molecule has 0 bridgehead atoms. The van der Waals surface area contributed by atoms with E-state index in [4.69, 9.17) is 0 Å². The van der Waals surface area contributed by atoms with Gasteiger partial charge < -0.3 is 19.9 Å². The van der Waals surface area contributed by atoms with E-state index in [2.05, 4.69) is 20.0 Å². The van der Waals surface area contributed by atoms with Crippen LogP contribution in [0.15, 0.2) is 77.7 Å². The van der Waals surface area contributed by atoms with Gasteiger partial charge in [-0.2, -0.15) is 4.31 Å². The molecule has 2 N–H and O–H groups in total. The molecule has 1 aliphatic heterocycles. The molecule has 0 aliphatic carbocycles. The highest BCUT2D eigenvalue weighted by Gasteiger charge is 2.41. The third-order valence-electron chi connectivity index (χ3n) is 7.26. The number of aromatic amines is 1. The number of aromatic nitrogens is 2. The van der Waals surface area contributed by atoms with Gasteiger partial charge >= 0.3 is 6.36 Å². The molecule has 1 amide bonds. The van der Waals surface area contributed by atoms with Crippen molar-refractivity contribution in [2.75, 3.05) is 24.5 Å². The fourth-order valence-corrected chi connectivity index (χ4v) is 6.45. The lowest BCUT2D eigenvalue weighted by Crippen LogP contribution is -2.60. The van der Waals surface area contributed by atoms with Gasteiger partial charge in [-0.15, -0.1) is 13.2 Å². The molecule has 44 heavy (non-hydrogen) atoms. The summed E-state index contributed by atoms with van der Waals surface area (Å²) in [7, 11) is -4.36. The number of fused-ring (bicyclic) bond motifs is 1. The largest absolute Gasteiger partial charge is 0.573 e. The molecule has 1 fully saturated rings. The van der Waals surface area contributed by atoms with Gasteiger partial charge in [0, 0.05) is 38.2 Å². The van der Waals surface area contributed by atoms with E-state index in [-0.39, 0.29) is 43.1 Å². The Labute approximate surface area is 249 Å². The van der Waals surface area contributed by atoms with Crippen molar-refractivity contribution in [1.82, 2.24) is 19.6 Å². The third kappa shape index (κ3) is 6.78. The fraction of sp³-hybridized carbons (Fsp3) is 0.310. The molecule has 1 saturated heterocycles. The Morgan fingerprint density at radius 1 is 1.00 bits per heavy atom. The van der Waals surface area contributed by atoms with Gasteiger partial charge in [0.15, 0.2) is 0 Å². The zero-order valence-electron chi connectivity index (χ0n) is 23.3. The number of sulfonamides is 1. The quantitative estimate of drug-likeness (QED) is 0.246. The van der Waals surface area contributed by atoms with E-state index in [0.29, 0.717) is 17.0 Å². The van der Waals surface area contributed by atoms with Crippen LogP contribution < -0.4 is 15.0 Å². The van der Waals surface area contributed by atoms with Crippen molar-refractivity contribution >= 4 is 32.9 Å². The molecule has 9 nitrogen and oxygen atoms in total. The molecule has 2 heterocycles. The van der Waals surface area contributed by atoms with Crippen molar-refractivity contribution in [3.8, 4) is 5.75 Å². The van der Waals surface area contributed by atoms with Crippen molar-refractivity contribution in [1.29, 1.82) is 0 Å². The van der Waals surface area contributed by atoms with Crippen molar-refractivity contribution < 1.29 is 39.9 Å². The summed E-state index contributed by atoms with van der Waals surface area (Å²) in [5.74, 6) is -3.81. The predicted molar refractivity (Wildman–Crippen MR) is 152 cm³/mol. The van der Waals surface area contributed by atoms with Crippen molar-refractivity contribution in [3.05, 3.63) is 83.9 Å². The van der Waals surface area contributed by atoms with E-state index in [1.54, 1.807) is 11.0 Å². The molecule has 234 valence electrons. The summed E-state index contributed by atoms with van der Waals surface area (Å²) in [6.07, 6.45) is -5.32. The number of rotatable bonds is 9. The van der Waals surface area contributed by atoms with Gasteiger partial charge in [0.05, 0.1) is 15.9 Å². The lowest BCUT2D eigenvalue weighted by atomic mass is 10.0. The van der Waals surface area contributed by atoms with Crippen LogP contribution in [0.3, 0.4) is 0 Å². The first-order chi connectivity index (χ1) is 20.8. The van der Waals surface area contributed by atoms with Crippen LogP contribution in [0.1, 0.15) is 24.5 Å². The number of nitrogens with one attached hydrogen (secondary N) is 2. The van der Waals surface area contributed by atoms with Gasteiger partial charge in [-0.1, -0.05) is 43.3 Å². The van der Waals surface area contributed by atoms with Crippen LogP contribution in [0.25, 0.3) is 11.0 Å². The first-order valence-corrected chi connectivity index (χ1v) is 15.0. The second-order valence-corrected chi connectivity index (χ2v) is 12.0. The van der Waals surface area contributed by atoms with Gasteiger partial charge in [0.2, 0.25) is 21.9 Å². The zero-order chi connectivity index (χ0) is 31.7. The summed E-state index contributed by atoms with van der Waals surface area (Å²) in [6, 6.07) is 15.2. The van der Waals surface area contributed by atoms with Crippen LogP contribution in [0, 0.1) is 0 Å². The first-order valence-electron chi connectivity index (χ1n) is 13.6. The Kier molecular flexibility index (Phi) is 8.53. The summed E-state index contributed by atoms with van der Waals surface area (Å²) in [5.41, 5.74) is 1.79. The molecule has 0 spiro atoms. The van der Waals surface area contributed by atoms with Crippen LogP contribution in [-0.2, 0) is 27.3 Å². The number of imidazole rings is 1. The van der Waals surface area contributed by atoms with Gasteiger partial charge in [0.25, 0.3) is 5.92 Å². The Morgan fingerprint density at radius 3 is 2.32 bits per heavy atom. The number of piperazine rings is 1. The number of hydrogen-bond acceptors (Lipinski definition) is 6. The summed E-state index contributed by atoms with van der Waals surface area (Å²) in [4.78, 5) is 22.7. The maximum atomic E-state index is 14.0. The van der Waals surface area contributed by atoms with Crippen molar-refractivity contribution in [2.24, 2.45) is 0 Å². The minimum atomic E-state index is -4.95. The third-order valence-corrected chi connectivity index (χ3v) is 9.18. The van der Waals surface area contributed by atoms with Crippen LogP contribution in [-0.4, -0.2) is 60.6 Å². The predicted octanol–water partition coefficient (Wildman–Crippen LogP) is 5.16. The maximum absolute atomic E-state index is 14.0. The molecule has 1 aromatic heterocycles. The first kappa shape index (κ1) is 31.2. The van der Waals surface area contributed by atoms with Gasteiger partial charge in [-0.3, -0.25) is 4.79 Å². The zero-order valence-corrected chi connectivity index (χ0v) is 24.1. The maximum Gasteiger partial charge on any atom is 0.573 e. The van der Waals surface area contributed by atoms with Crippen LogP contribution in [0.4, 0.5) is 27.9 Å². The van der Waals surface area contributed by atoms with Crippen molar-refractivity contribution in [2.45, 2.75) is 43.1 Å². The standard InChI is InChI=1S/C29H28F5N5O4S/c1-2-28(30,31)20-9-7-19(8-10-20)17-35-26(40)25-18-38(27-36-23-5-3-4-6-24(23)37-27)15-16-39(25)44(41,42)22-13-11-21(12-14-22)43-29(32,33)34/h3-14,25H,2,15-18H2,1H3,(H,35,40)(H,36,37)/t25-/m1/s1. The number of anilines is 1. The fourth-order valence-electron chi connectivity index (χ4n) is 4.88. The molecule has 1 atom stereocenters. The van der Waals surface area contributed by atoms with Crippen LogP contribution in [0.5, 0.6) is 5.75 Å². The highest BCUT2D eigenvalue weighted by molar-refractivity contribution is 7.89. The number of benzene rings is 3. The average Bonchev–Trinajstić information content (AvgIpc) is 3.44. The minimum Gasteiger partial charge on any atom is -0.406 e. The summed E-state index contributed by atoms with van der Waals surface area (Å²) >= 11 is 0. The summed E-state index contributed by atoms with van der Waals surface area (Å²) < 4.78 is 98.0. The van der Waals surface area contributed by atoms with E-state index >= 15 is 0 Å². The SMILES string of the molecule is CCC(F)(F)c1ccc(CNC(=O)[C@H]2CN(c3nc4ccccc4[nH]3)CCN2S(=O)(=O)c2ccc(OC(F)(F)F)cc2)cc1. The Balaban J connectivity index is 1.39. The molecular weight excluding hydrogens is 609 g/mol. The summed E-state index contributed by atoms with van der Waals surface area (Å²) in [6.45, 7) is 1.23. The molecule has 1 aliphatic rings. The van der Waals surface area contributed by atoms with E-state index in [1.165, 1.54) is 31.2 Å². The molecular formula is C29H28F5N5O4S. The minimum absolute atomic E-state index is 0.0602. The number of ether oxygens (including phenoxy) is 1. The number of amides is 1. The number of nitrogens with zero attached hydrogens (tertiary/aromatic N) is 3. The summed E-state index contributed by atoms with van der Waals surface area (Å²) in [5, 5.41) is 2.69. The molecule has 4 aromatic rings. The number of alkyl halides is 5. The van der Waals surface area contributed by atoms with E-state index in [1.807, 2.05) is 18.2 Å². The molecule has 0 saturated carbocycles. The van der Waals surface area contributed by atoms with E-state index in [9.17, 15) is 35.2 Å². The monoisotopic (exact) mass is 637 g/mol. The Bertz CT molecular complexity index is 1690.